The first kappa shape index (κ1) is 19.5. The molecule has 0 atom stereocenters. The second kappa shape index (κ2) is 7.69. The van der Waals surface area contributed by atoms with Crippen LogP contribution in [0.5, 0.6) is 0 Å². The molecule has 0 aliphatic heterocycles. The van der Waals surface area contributed by atoms with Crippen LogP contribution in [0.15, 0.2) is 77.2 Å². The van der Waals surface area contributed by atoms with Crippen LogP contribution in [0.4, 0.5) is 10.1 Å². The summed E-state index contributed by atoms with van der Waals surface area (Å²) in [4.78, 5) is 17.4. The molecule has 0 unspecified atom stereocenters. The van der Waals surface area contributed by atoms with Crippen molar-refractivity contribution in [3.8, 4) is 11.5 Å². The molecule has 0 aliphatic rings. The highest BCUT2D eigenvalue weighted by Gasteiger charge is 2.15. The van der Waals surface area contributed by atoms with Crippen molar-refractivity contribution in [1.82, 2.24) is 4.98 Å². The van der Waals surface area contributed by atoms with E-state index in [1.165, 1.54) is 18.2 Å². The van der Waals surface area contributed by atoms with Gasteiger partial charge in [-0.15, -0.1) is 0 Å². The molecule has 152 valence electrons. The van der Waals surface area contributed by atoms with Gasteiger partial charge in [0.1, 0.15) is 11.3 Å². The Morgan fingerprint density at radius 2 is 1.71 bits per heavy atom. The number of carbonyl (C=O) groups is 1. The zero-order valence-corrected chi connectivity index (χ0v) is 17.3. The van der Waals surface area contributed by atoms with Crippen LogP contribution in [0.1, 0.15) is 10.4 Å². The number of rotatable bonds is 3. The number of hydrogen-bond donors (Lipinski definition) is 1. The van der Waals surface area contributed by atoms with Gasteiger partial charge in [0.15, 0.2) is 5.58 Å². The Morgan fingerprint density at radius 1 is 0.903 bits per heavy atom. The lowest BCUT2D eigenvalue weighted by molar-refractivity contribution is 0.102. The summed E-state index contributed by atoms with van der Waals surface area (Å²) in [5.74, 6) is -0.436. The average molecular weight is 451 g/mol. The number of amides is 1. The van der Waals surface area contributed by atoms with E-state index in [1.807, 2.05) is 18.2 Å². The fraction of sp³-hybridized carbons (Fsp3) is 0. The fourth-order valence-corrected chi connectivity index (χ4v) is 3.94. The Hall–Kier alpha value is -3.41. The summed E-state index contributed by atoms with van der Waals surface area (Å²) in [6.07, 6.45) is 0. The van der Waals surface area contributed by atoms with Crippen LogP contribution in [0.25, 0.3) is 33.3 Å². The van der Waals surface area contributed by atoms with Crippen LogP contribution in [-0.2, 0) is 0 Å². The number of anilines is 1. The minimum Gasteiger partial charge on any atom is -0.436 e. The molecular weight excluding hydrogens is 438 g/mol. The number of carbonyl (C=O) groups excluding carboxylic acids is 1. The Labute approximate surface area is 186 Å². The van der Waals surface area contributed by atoms with Crippen molar-refractivity contribution >= 4 is 56.7 Å². The van der Waals surface area contributed by atoms with Crippen molar-refractivity contribution < 1.29 is 13.6 Å². The topological polar surface area (TPSA) is 55.1 Å². The summed E-state index contributed by atoms with van der Waals surface area (Å²) in [5, 5.41) is 5.26. The number of fused-ring (bicyclic) bond motifs is 2. The number of nitrogens with one attached hydrogen (secondary N) is 1. The van der Waals surface area contributed by atoms with E-state index >= 15 is 0 Å². The van der Waals surface area contributed by atoms with Gasteiger partial charge < -0.3 is 9.73 Å². The van der Waals surface area contributed by atoms with E-state index in [9.17, 15) is 9.18 Å². The molecule has 0 aliphatic carbocycles. The number of hydrogen-bond acceptors (Lipinski definition) is 3. The Balaban J connectivity index is 1.48. The molecule has 31 heavy (non-hydrogen) atoms. The largest absolute Gasteiger partial charge is 0.436 e. The molecule has 1 heterocycles. The van der Waals surface area contributed by atoms with E-state index in [0.717, 1.165) is 10.8 Å². The van der Waals surface area contributed by atoms with Crippen molar-refractivity contribution in [3.05, 3.63) is 94.2 Å². The van der Waals surface area contributed by atoms with Crippen molar-refractivity contribution in [2.24, 2.45) is 0 Å². The zero-order chi connectivity index (χ0) is 21.5. The zero-order valence-electron chi connectivity index (χ0n) is 15.8. The maximum absolute atomic E-state index is 13.3. The molecule has 0 saturated heterocycles. The van der Waals surface area contributed by atoms with Gasteiger partial charge in [0.2, 0.25) is 5.89 Å². The van der Waals surface area contributed by atoms with E-state index in [1.54, 1.807) is 36.4 Å². The number of halogens is 3. The van der Waals surface area contributed by atoms with Gasteiger partial charge in [-0.2, -0.15) is 0 Å². The van der Waals surface area contributed by atoms with E-state index in [-0.39, 0.29) is 16.8 Å². The summed E-state index contributed by atoms with van der Waals surface area (Å²) in [5.41, 5.74) is 2.61. The first-order chi connectivity index (χ1) is 15.0. The molecule has 1 N–H and O–H groups in total. The lowest BCUT2D eigenvalue weighted by atomic mass is 10.0. The predicted octanol–water partition coefficient (Wildman–Crippen LogP) is 7.35. The smallest absolute Gasteiger partial charge is 0.256 e. The highest BCUT2D eigenvalue weighted by Crippen LogP contribution is 2.32. The molecule has 1 amide bonds. The summed E-state index contributed by atoms with van der Waals surface area (Å²) in [6.45, 7) is 0. The van der Waals surface area contributed by atoms with Gasteiger partial charge in [-0.3, -0.25) is 4.79 Å². The van der Waals surface area contributed by atoms with Gasteiger partial charge in [-0.25, -0.2) is 9.37 Å². The molecule has 5 aromatic rings. The summed E-state index contributed by atoms with van der Waals surface area (Å²) >= 11 is 12.4. The molecule has 0 bridgehead atoms. The SMILES string of the molecule is O=C(Nc1ccc2oc(-c3ccc(F)cc3Cl)nc2c1)c1cccc2c(Cl)cccc12. The highest BCUT2D eigenvalue weighted by atomic mass is 35.5. The molecule has 4 aromatic carbocycles. The predicted molar refractivity (Wildman–Crippen MR) is 121 cm³/mol. The second-order valence-electron chi connectivity index (χ2n) is 6.92. The van der Waals surface area contributed by atoms with Crippen LogP contribution in [0.3, 0.4) is 0 Å². The molecule has 0 saturated carbocycles. The Kier molecular flexibility index (Phi) is 4.85. The summed E-state index contributed by atoms with van der Waals surface area (Å²) < 4.78 is 19.1. The van der Waals surface area contributed by atoms with Crippen LogP contribution in [0.2, 0.25) is 10.0 Å². The number of aromatic nitrogens is 1. The first-order valence-electron chi connectivity index (χ1n) is 9.34. The minimum atomic E-state index is -0.440. The van der Waals surface area contributed by atoms with Gasteiger partial charge in [-0.05, 0) is 53.9 Å². The third kappa shape index (κ3) is 3.63. The van der Waals surface area contributed by atoms with E-state index < -0.39 is 5.82 Å². The Bertz CT molecular complexity index is 1480. The minimum absolute atomic E-state index is 0.203. The van der Waals surface area contributed by atoms with Crippen molar-refractivity contribution in [3.63, 3.8) is 0 Å². The quantitative estimate of drug-likeness (QED) is 0.312. The molecule has 7 heteroatoms. The van der Waals surface area contributed by atoms with Gasteiger partial charge in [0, 0.05) is 21.7 Å². The van der Waals surface area contributed by atoms with Gasteiger partial charge >= 0.3 is 0 Å². The molecule has 4 nitrogen and oxygen atoms in total. The molecule has 0 spiro atoms. The summed E-state index contributed by atoms with van der Waals surface area (Å²) in [7, 11) is 0. The molecular formula is C24H13Cl2FN2O2. The van der Waals surface area contributed by atoms with E-state index in [2.05, 4.69) is 10.3 Å². The van der Waals surface area contributed by atoms with E-state index in [0.29, 0.717) is 32.9 Å². The monoisotopic (exact) mass is 450 g/mol. The van der Waals surface area contributed by atoms with E-state index in [4.69, 9.17) is 27.6 Å². The van der Waals surface area contributed by atoms with Gasteiger partial charge in [0.25, 0.3) is 5.91 Å². The third-order valence-corrected chi connectivity index (χ3v) is 5.56. The van der Waals surface area contributed by atoms with Crippen molar-refractivity contribution in [2.75, 3.05) is 5.32 Å². The standard InChI is InChI=1S/C24H13Cl2FN2O2/c25-19-6-2-3-15-16(19)4-1-5-17(15)23(30)28-14-8-10-22-21(12-14)29-24(31-22)18-9-7-13(27)11-20(18)26/h1-12H,(H,28,30). The first-order valence-corrected chi connectivity index (χ1v) is 10.1. The van der Waals surface area contributed by atoms with Crippen LogP contribution in [0, 0.1) is 5.82 Å². The lowest BCUT2D eigenvalue weighted by Gasteiger charge is -2.09. The average Bonchev–Trinajstić information content (AvgIpc) is 3.16. The van der Waals surface area contributed by atoms with Crippen molar-refractivity contribution in [2.45, 2.75) is 0 Å². The van der Waals surface area contributed by atoms with Crippen LogP contribution >= 0.6 is 23.2 Å². The van der Waals surface area contributed by atoms with Gasteiger partial charge in [0.05, 0.1) is 10.6 Å². The molecule has 0 radical (unpaired) electrons. The third-order valence-electron chi connectivity index (χ3n) is 4.92. The maximum atomic E-state index is 13.3. The molecule has 0 fully saturated rings. The summed E-state index contributed by atoms with van der Waals surface area (Å²) in [6, 6.07) is 20.0. The second-order valence-corrected chi connectivity index (χ2v) is 7.73. The molecule has 5 rings (SSSR count). The number of oxazole rings is 1. The fourth-order valence-electron chi connectivity index (χ4n) is 3.45. The number of nitrogens with zero attached hydrogens (tertiary/aromatic N) is 1. The lowest BCUT2D eigenvalue weighted by Crippen LogP contribution is -2.12. The van der Waals surface area contributed by atoms with Crippen LogP contribution in [-0.4, -0.2) is 10.9 Å². The van der Waals surface area contributed by atoms with Gasteiger partial charge in [-0.1, -0.05) is 47.5 Å². The number of benzene rings is 4. The van der Waals surface area contributed by atoms with Crippen LogP contribution < -0.4 is 5.32 Å². The normalized spacial score (nSPS) is 11.2. The highest BCUT2D eigenvalue weighted by molar-refractivity contribution is 6.36. The molecule has 1 aromatic heterocycles. The van der Waals surface area contributed by atoms with Crippen molar-refractivity contribution in [1.29, 1.82) is 0 Å². The maximum Gasteiger partial charge on any atom is 0.256 e. The Morgan fingerprint density at radius 3 is 2.55 bits per heavy atom.